The van der Waals surface area contributed by atoms with Crippen molar-refractivity contribution in [2.24, 2.45) is 0 Å². The predicted molar refractivity (Wildman–Crippen MR) is 129 cm³/mol. The average molecular weight is 458 g/mol. The second-order valence-corrected chi connectivity index (χ2v) is 10.4. The Morgan fingerprint density at radius 2 is 1.58 bits per heavy atom. The Bertz CT molecular complexity index is 1470. The highest BCUT2D eigenvalue weighted by atomic mass is 32.2. The number of sulfone groups is 1. The van der Waals surface area contributed by atoms with Gasteiger partial charge in [0.05, 0.1) is 22.9 Å². The first-order valence-electron chi connectivity index (χ1n) is 10.7. The van der Waals surface area contributed by atoms with Crippen LogP contribution in [0, 0.1) is 13.8 Å². The maximum atomic E-state index is 13.2. The van der Waals surface area contributed by atoms with Gasteiger partial charge in [-0.2, -0.15) is 5.10 Å². The Hall–Kier alpha value is -3.71. The normalized spacial score (nSPS) is 14.1. The number of benzene rings is 3. The van der Waals surface area contributed by atoms with E-state index >= 15 is 0 Å². The minimum Gasteiger partial charge on any atom is -0.306 e. The summed E-state index contributed by atoms with van der Waals surface area (Å²) in [5.41, 5.74) is 6.54. The molecule has 6 nitrogen and oxygen atoms in total. The van der Waals surface area contributed by atoms with Crippen LogP contribution in [0.1, 0.15) is 32.7 Å². The highest BCUT2D eigenvalue weighted by Gasteiger charge is 2.33. The van der Waals surface area contributed by atoms with Crippen LogP contribution in [0.2, 0.25) is 0 Å². The average Bonchev–Trinajstić information content (AvgIpc) is 3.28. The van der Waals surface area contributed by atoms with Gasteiger partial charge in [0.2, 0.25) is 0 Å². The van der Waals surface area contributed by atoms with E-state index in [2.05, 4.69) is 10.4 Å². The summed E-state index contributed by atoms with van der Waals surface area (Å²) in [4.78, 5) is 13.2. The van der Waals surface area contributed by atoms with Crippen LogP contribution in [0.5, 0.6) is 0 Å². The number of nitrogens with one attached hydrogen (secondary N) is 1. The Balaban J connectivity index is 1.51. The summed E-state index contributed by atoms with van der Waals surface area (Å²) in [6, 6.07) is 23.1. The number of carbonyl (C=O) groups is 1. The molecular weight excluding hydrogens is 434 g/mol. The van der Waals surface area contributed by atoms with E-state index in [9.17, 15) is 13.2 Å². The van der Waals surface area contributed by atoms with Crippen LogP contribution in [0.4, 0.5) is 5.82 Å². The van der Waals surface area contributed by atoms with Gasteiger partial charge in [0.1, 0.15) is 5.82 Å². The van der Waals surface area contributed by atoms with Gasteiger partial charge in [-0.25, -0.2) is 13.1 Å². The maximum Gasteiger partial charge on any atom is 0.256 e. The third kappa shape index (κ3) is 3.96. The molecule has 166 valence electrons. The molecule has 1 N–H and O–H groups in total. The molecule has 1 aromatic heterocycles. The van der Waals surface area contributed by atoms with Gasteiger partial charge in [-0.05, 0) is 54.3 Å². The van der Waals surface area contributed by atoms with Gasteiger partial charge in [-0.3, -0.25) is 4.79 Å². The van der Waals surface area contributed by atoms with Crippen molar-refractivity contribution in [3.63, 3.8) is 0 Å². The summed E-state index contributed by atoms with van der Waals surface area (Å²) in [7, 11) is -3.27. The van der Waals surface area contributed by atoms with Crippen LogP contribution in [0.15, 0.2) is 72.8 Å². The molecule has 1 amide bonds. The van der Waals surface area contributed by atoms with Crippen LogP contribution >= 0.6 is 0 Å². The number of hydrogen-bond acceptors (Lipinski definition) is 4. The van der Waals surface area contributed by atoms with Gasteiger partial charge in [0.25, 0.3) is 5.91 Å². The summed E-state index contributed by atoms with van der Waals surface area (Å²) in [6.45, 7) is 4.00. The summed E-state index contributed by atoms with van der Waals surface area (Å²) >= 11 is 0. The first-order valence-corrected chi connectivity index (χ1v) is 12.5. The maximum absolute atomic E-state index is 13.2. The molecule has 5 rings (SSSR count). The molecule has 4 aromatic rings. The van der Waals surface area contributed by atoms with Gasteiger partial charge in [-0.1, -0.05) is 54.6 Å². The molecule has 0 aliphatic carbocycles. The van der Waals surface area contributed by atoms with Crippen molar-refractivity contribution in [2.45, 2.75) is 25.4 Å². The largest absolute Gasteiger partial charge is 0.306 e. The molecule has 1 aliphatic heterocycles. The number of nitrogens with zero attached hydrogens (tertiary/aromatic N) is 2. The quantitative estimate of drug-likeness (QED) is 0.476. The summed E-state index contributed by atoms with van der Waals surface area (Å²) in [5, 5.41) is 7.53. The molecule has 0 bridgehead atoms. The third-order valence-corrected chi connectivity index (χ3v) is 7.52. The zero-order valence-corrected chi connectivity index (χ0v) is 19.2. The molecule has 0 atom stereocenters. The molecular formula is C26H23N3O3S. The number of rotatable bonds is 4. The van der Waals surface area contributed by atoms with Gasteiger partial charge in [-0.15, -0.1) is 0 Å². The Labute approximate surface area is 192 Å². The van der Waals surface area contributed by atoms with E-state index in [0.717, 1.165) is 27.9 Å². The van der Waals surface area contributed by atoms with E-state index in [1.165, 1.54) is 0 Å². The number of amides is 1. The van der Waals surface area contributed by atoms with Crippen molar-refractivity contribution >= 4 is 21.6 Å². The second kappa shape index (κ2) is 8.01. The standard InChI is InChI=1S/C26H23N3O3S/c1-17-7-6-10-24(18(17)2)29-25(22-15-33(31,32)16-23(22)28-29)27-26(30)21-13-11-20(12-14-21)19-8-4-3-5-9-19/h3-14H,15-16H2,1-2H3,(H,27,30). The third-order valence-electron chi connectivity index (χ3n) is 6.08. The van der Waals surface area contributed by atoms with Gasteiger partial charge < -0.3 is 5.32 Å². The smallest absolute Gasteiger partial charge is 0.256 e. The zero-order valence-electron chi connectivity index (χ0n) is 18.4. The lowest BCUT2D eigenvalue weighted by atomic mass is 10.0. The van der Waals surface area contributed by atoms with Crippen molar-refractivity contribution in [3.05, 3.63) is 101 Å². The van der Waals surface area contributed by atoms with E-state index in [-0.39, 0.29) is 17.4 Å². The van der Waals surface area contributed by atoms with Crippen LogP contribution < -0.4 is 5.32 Å². The molecule has 2 heterocycles. The first kappa shape index (κ1) is 21.2. The van der Waals surface area contributed by atoms with E-state index in [1.54, 1.807) is 16.8 Å². The van der Waals surface area contributed by atoms with Crippen LogP contribution in [-0.2, 0) is 21.3 Å². The SMILES string of the molecule is Cc1cccc(-n2nc3c(c2NC(=O)c2ccc(-c4ccccc4)cc2)CS(=O)(=O)C3)c1C. The predicted octanol–water partition coefficient (Wildman–Crippen LogP) is 4.84. The number of hydrogen-bond donors (Lipinski definition) is 1. The number of aryl methyl sites for hydroxylation is 1. The van der Waals surface area contributed by atoms with Gasteiger partial charge in [0, 0.05) is 11.1 Å². The Morgan fingerprint density at radius 3 is 2.30 bits per heavy atom. The molecule has 7 heteroatoms. The van der Waals surface area contributed by atoms with E-state index in [4.69, 9.17) is 0 Å². The highest BCUT2D eigenvalue weighted by molar-refractivity contribution is 7.90. The molecule has 3 aromatic carbocycles. The first-order chi connectivity index (χ1) is 15.8. The van der Waals surface area contributed by atoms with Gasteiger partial charge >= 0.3 is 0 Å². The highest BCUT2D eigenvalue weighted by Crippen LogP contribution is 2.34. The fraction of sp³-hybridized carbons (Fsp3) is 0.154. The number of aromatic nitrogens is 2. The Morgan fingerprint density at radius 1 is 0.879 bits per heavy atom. The van der Waals surface area contributed by atoms with Crippen molar-refractivity contribution in [3.8, 4) is 16.8 Å². The number of anilines is 1. The molecule has 0 fully saturated rings. The lowest BCUT2D eigenvalue weighted by Crippen LogP contribution is -2.17. The lowest BCUT2D eigenvalue weighted by molar-refractivity contribution is 0.102. The molecule has 33 heavy (non-hydrogen) atoms. The van der Waals surface area contributed by atoms with E-state index in [0.29, 0.717) is 22.6 Å². The fourth-order valence-corrected chi connectivity index (χ4v) is 5.63. The topological polar surface area (TPSA) is 81.1 Å². The van der Waals surface area contributed by atoms with Crippen LogP contribution in [0.3, 0.4) is 0 Å². The Kier molecular flexibility index (Phi) is 5.13. The zero-order chi connectivity index (χ0) is 23.2. The molecule has 0 radical (unpaired) electrons. The van der Waals surface area contributed by atoms with Crippen LogP contribution in [-0.4, -0.2) is 24.1 Å². The number of carbonyl (C=O) groups excluding carboxylic acids is 1. The van der Waals surface area contributed by atoms with Crippen LogP contribution in [0.25, 0.3) is 16.8 Å². The second-order valence-electron chi connectivity index (χ2n) is 8.33. The lowest BCUT2D eigenvalue weighted by Gasteiger charge is -2.14. The molecule has 0 saturated carbocycles. The van der Waals surface area contributed by atoms with Crippen molar-refractivity contribution in [1.29, 1.82) is 0 Å². The molecule has 1 aliphatic rings. The van der Waals surface area contributed by atoms with Crippen molar-refractivity contribution < 1.29 is 13.2 Å². The minimum absolute atomic E-state index is 0.116. The van der Waals surface area contributed by atoms with E-state index in [1.807, 2.05) is 74.5 Å². The summed E-state index contributed by atoms with van der Waals surface area (Å²) < 4.78 is 26.1. The van der Waals surface area contributed by atoms with Crippen molar-refractivity contribution in [2.75, 3.05) is 5.32 Å². The number of fused-ring (bicyclic) bond motifs is 1. The molecule has 0 unspecified atom stereocenters. The molecule has 0 saturated heterocycles. The van der Waals surface area contributed by atoms with Crippen molar-refractivity contribution in [1.82, 2.24) is 9.78 Å². The minimum atomic E-state index is -3.27. The van der Waals surface area contributed by atoms with E-state index < -0.39 is 9.84 Å². The van der Waals surface area contributed by atoms with Gasteiger partial charge in [0.15, 0.2) is 9.84 Å². The summed E-state index contributed by atoms with van der Waals surface area (Å²) in [6.07, 6.45) is 0. The molecule has 0 spiro atoms. The summed E-state index contributed by atoms with van der Waals surface area (Å²) in [5.74, 6) is -0.144. The fourth-order valence-electron chi connectivity index (χ4n) is 4.13. The monoisotopic (exact) mass is 457 g/mol.